The van der Waals surface area contributed by atoms with Crippen LogP contribution in [0.5, 0.6) is 0 Å². The van der Waals surface area contributed by atoms with Crippen molar-refractivity contribution in [3.05, 3.63) is 25.5 Å². The van der Waals surface area contributed by atoms with E-state index in [1.54, 1.807) is 18.5 Å². The van der Waals surface area contributed by atoms with Crippen LogP contribution in [0.1, 0.15) is 0 Å². The number of aromatic nitrogens is 2. The molecule has 0 atom stereocenters. The van der Waals surface area contributed by atoms with E-state index >= 15 is 0 Å². The molecule has 0 bridgehead atoms. The third-order valence-electron chi connectivity index (χ3n) is 0.695. The van der Waals surface area contributed by atoms with Crippen LogP contribution < -0.4 is 5.32 Å². The number of hydrogen-bond acceptors (Lipinski definition) is 3. The Labute approximate surface area is 47.8 Å². The van der Waals surface area contributed by atoms with Crippen molar-refractivity contribution in [3.8, 4) is 0 Å². The van der Waals surface area contributed by atoms with E-state index in [4.69, 9.17) is 7.05 Å². The first kappa shape index (κ1) is 5.03. The molecule has 0 aliphatic rings. The van der Waals surface area contributed by atoms with Crippen LogP contribution in [-0.4, -0.2) is 9.97 Å². The first-order valence-electron chi connectivity index (χ1n) is 2.17. The maximum Gasteiger partial charge on any atom is 0.222 e. The topological polar surface area (TPSA) is 37.8 Å². The molecule has 0 saturated heterocycles. The van der Waals surface area contributed by atoms with Gasteiger partial charge >= 0.3 is 0 Å². The summed E-state index contributed by atoms with van der Waals surface area (Å²) >= 11 is 0. The van der Waals surface area contributed by atoms with Gasteiger partial charge in [-0.25, -0.2) is 9.97 Å². The van der Waals surface area contributed by atoms with Crippen molar-refractivity contribution in [1.82, 2.24) is 9.97 Å². The van der Waals surface area contributed by atoms with Crippen molar-refractivity contribution < 1.29 is 0 Å². The van der Waals surface area contributed by atoms with Crippen LogP contribution in [-0.2, 0) is 0 Å². The molecule has 0 unspecified atom stereocenters. The molecule has 0 amide bonds. The van der Waals surface area contributed by atoms with Crippen molar-refractivity contribution >= 4 is 5.95 Å². The molecule has 1 aromatic heterocycles. The fourth-order valence-electron chi connectivity index (χ4n) is 0.374. The summed E-state index contributed by atoms with van der Waals surface area (Å²) in [5, 5.41) is 2.30. The van der Waals surface area contributed by atoms with Crippen molar-refractivity contribution in [2.24, 2.45) is 0 Å². The highest BCUT2D eigenvalue weighted by Crippen LogP contribution is 1.89. The fourth-order valence-corrected chi connectivity index (χ4v) is 0.374. The molecular formula is C5H5N3. The van der Waals surface area contributed by atoms with E-state index < -0.39 is 0 Å². The van der Waals surface area contributed by atoms with E-state index in [9.17, 15) is 0 Å². The van der Waals surface area contributed by atoms with Gasteiger partial charge in [0, 0.05) is 12.4 Å². The van der Waals surface area contributed by atoms with E-state index in [-0.39, 0.29) is 0 Å². The van der Waals surface area contributed by atoms with Gasteiger partial charge in [-0.1, -0.05) is 0 Å². The Bertz CT molecular complexity index is 149. The summed E-state index contributed by atoms with van der Waals surface area (Å²) in [6.45, 7) is 0. The van der Waals surface area contributed by atoms with Crippen LogP contribution in [0.25, 0.3) is 0 Å². The summed E-state index contributed by atoms with van der Waals surface area (Å²) in [7, 11) is 4.97. The first-order chi connectivity index (χ1) is 3.93. The Morgan fingerprint density at radius 1 is 1.38 bits per heavy atom. The number of hydrogen-bond donors (Lipinski definition) is 1. The summed E-state index contributed by atoms with van der Waals surface area (Å²) in [6.07, 6.45) is 3.23. The van der Waals surface area contributed by atoms with Crippen LogP contribution in [0.3, 0.4) is 0 Å². The molecular weight excluding hydrogens is 102 g/mol. The summed E-state index contributed by atoms with van der Waals surface area (Å²) in [6, 6.07) is 1.72. The molecule has 3 heteroatoms. The van der Waals surface area contributed by atoms with Gasteiger partial charge < -0.3 is 5.32 Å². The highest BCUT2D eigenvalue weighted by Gasteiger charge is 1.81. The second-order valence-corrected chi connectivity index (χ2v) is 1.22. The van der Waals surface area contributed by atoms with Crippen molar-refractivity contribution in [3.63, 3.8) is 0 Å². The molecule has 8 heavy (non-hydrogen) atoms. The maximum absolute atomic E-state index is 4.97. The Balaban J connectivity index is 2.83. The summed E-state index contributed by atoms with van der Waals surface area (Å²) in [4.78, 5) is 7.50. The van der Waals surface area contributed by atoms with Gasteiger partial charge in [0.25, 0.3) is 0 Å². The predicted molar refractivity (Wildman–Crippen MR) is 30.0 cm³/mol. The highest BCUT2D eigenvalue weighted by molar-refractivity contribution is 5.21. The third kappa shape index (κ3) is 0.932. The Morgan fingerprint density at radius 2 is 2.00 bits per heavy atom. The molecule has 1 heterocycles. The summed E-state index contributed by atoms with van der Waals surface area (Å²) in [5.41, 5.74) is 0. The average Bonchev–Trinajstić information content (AvgIpc) is 1.90. The lowest BCUT2D eigenvalue weighted by Crippen LogP contribution is -1.90. The summed E-state index contributed by atoms with van der Waals surface area (Å²) in [5.74, 6) is 0.438. The SMILES string of the molecule is [CH]Nc1ncccn1. The lowest BCUT2D eigenvalue weighted by atomic mass is 10.7. The quantitative estimate of drug-likeness (QED) is 0.533. The monoisotopic (exact) mass is 107 g/mol. The highest BCUT2D eigenvalue weighted by atomic mass is 15.1. The van der Waals surface area contributed by atoms with E-state index in [1.165, 1.54) is 0 Å². The van der Waals surface area contributed by atoms with Crippen molar-refractivity contribution in [2.45, 2.75) is 0 Å². The maximum atomic E-state index is 4.97. The molecule has 0 aromatic carbocycles. The minimum Gasteiger partial charge on any atom is -0.347 e. The zero-order valence-electron chi connectivity index (χ0n) is 4.20. The molecule has 3 nitrogen and oxygen atoms in total. The summed E-state index contributed by atoms with van der Waals surface area (Å²) < 4.78 is 0. The molecule has 2 radical (unpaired) electrons. The Morgan fingerprint density at radius 3 is 2.38 bits per heavy atom. The second kappa shape index (κ2) is 2.26. The number of nitrogens with zero attached hydrogens (tertiary/aromatic N) is 2. The van der Waals surface area contributed by atoms with Gasteiger partial charge in [0.05, 0.1) is 7.05 Å². The molecule has 0 aliphatic carbocycles. The van der Waals surface area contributed by atoms with E-state index in [0.29, 0.717) is 5.95 Å². The standard InChI is InChI=1S/C5H5N3/c1-6-5-7-3-2-4-8-5/h1-4H,(H,6,7,8). The van der Waals surface area contributed by atoms with Crippen LogP contribution in [0.2, 0.25) is 0 Å². The largest absolute Gasteiger partial charge is 0.347 e. The van der Waals surface area contributed by atoms with Gasteiger partial charge in [-0.2, -0.15) is 0 Å². The van der Waals surface area contributed by atoms with E-state index in [2.05, 4.69) is 15.3 Å². The molecule has 1 rings (SSSR count). The minimum atomic E-state index is 0.438. The average molecular weight is 107 g/mol. The van der Waals surface area contributed by atoms with Gasteiger partial charge in [0.1, 0.15) is 0 Å². The number of anilines is 1. The zero-order valence-corrected chi connectivity index (χ0v) is 4.20. The van der Waals surface area contributed by atoms with Crippen LogP contribution in [0, 0.1) is 7.05 Å². The van der Waals surface area contributed by atoms with E-state index in [0.717, 1.165) is 0 Å². The fraction of sp³-hybridized carbons (Fsp3) is 0. The molecule has 40 valence electrons. The molecule has 1 N–H and O–H groups in total. The van der Waals surface area contributed by atoms with Crippen LogP contribution in [0.15, 0.2) is 18.5 Å². The number of rotatable bonds is 1. The van der Waals surface area contributed by atoms with Gasteiger partial charge in [-0.3, -0.25) is 0 Å². The Hall–Kier alpha value is -1.12. The lowest BCUT2D eigenvalue weighted by molar-refractivity contribution is 1.16. The second-order valence-electron chi connectivity index (χ2n) is 1.22. The minimum absolute atomic E-state index is 0.438. The normalized spacial score (nSPS) is 8.62. The smallest absolute Gasteiger partial charge is 0.222 e. The number of nitrogens with one attached hydrogen (secondary N) is 1. The van der Waals surface area contributed by atoms with Gasteiger partial charge in [-0.15, -0.1) is 0 Å². The molecule has 0 spiro atoms. The van der Waals surface area contributed by atoms with Crippen molar-refractivity contribution in [1.29, 1.82) is 0 Å². The lowest BCUT2D eigenvalue weighted by Gasteiger charge is -1.90. The molecule has 0 aliphatic heterocycles. The molecule has 1 aromatic rings. The predicted octanol–water partition coefficient (Wildman–Crippen LogP) is 0.557. The van der Waals surface area contributed by atoms with Gasteiger partial charge in [-0.05, 0) is 6.07 Å². The molecule has 0 fully saturated rings. The Kier molecular flexibility index (Phi) is 1.42. The third-order valence-corrected chi connectivity index (χ3v) is 0.695. The van der Waals surface area contributed by atoms with Gasteiger partial charge in [0.2, 0.25) is 5.95 Å². The van der Waals surface area contributed by atoms with Crippen LogP contribution in [0.4, 0.5) is 5.95 Å². The first-order valence-corrected chi connectivity index (χ1v) is 2.17. The van der Waals surface area contributed by atoms with Crippen molar-refractivity contribution in [2.75, 3.05) is 5.32 Å². The zero-order chi connectivity index (χ0) is 5.82. The molecule has 0 saturated carbocycles. The van der Waals surface area contributed by atoms with Gasteiger partial charge in [0.15, 0.2) is 0 Å². The van der Waals surface area contributed by atoms with Crippen LogP contribution >= 0.6 is 0 Å². The van der Waals surface area contributed by atoms with E-state index in [1.807, 2.05) is 0 Å².